The molecule has 0 fully saturated rings. The van der Waals surface area contributed by atoms with E-state index in [1.807, 2.05) is 0 Å². The average Bonchev–Trinajstić information content (AvgIpc) is 2.17. The molecular weight excluding hydrogens is 283 g/mol. The van der Waals surface area contributed by atoms with E-state index in [1.54, 1.807) is 18.5 Å². The average molecular weight is 310 g/mol. The van der Waals surface area contributed by atoms with Gasteiger partial charge < -0.3 is 0 Å². The van der Waals surface area contributed by atoms with Crippen molar-refractivity contribution in [3.63, 3.8) is 0 Å². The van der Waals surface area contributed by atoms with Gasteiger partial charge in [-0.1, -0.05) is 40.0 Å². The Morgan fingerprint density at radius 2 is 0.929 bits per heavy atom. The van der Waals surface area contributed by atoms with Gasteiger partial charge >= 0.3 is 0 Å². The van der Waals surface area contributed by atoms with E-state index >= 15 is 0 Å². The largest absolute Gasteiger partial charge is 0.107 e. The molecular formula is C12H27AgP. The summed E-state index contributed by atoms with van der Waals surface area (Å²) < 4.78 is 0. The Morgan fingerprint density at radius 3 is 1.14 bits per heavy atom. The standard InChI is InChI=1S/C12H27P.Ag/c1-4-7-10-13(11-8-5-2)12-9-6-3;/h4-12H2,1-3H3;. The first-order valence-electron chi connectivity index (χ1n) is 6.07. The van der Waals surface area contributed by atoms with Gasteiger partial charge in [-0.2, -0.15) is 0 Å². The van der Waals surface area contributed by atoms with E-state index in [-0.39, 0.29) is 22.4 Å². The van der Waals surface area contributed by atoms with Gasteiger partial charge in [0.05, 0.1) is 0 Å². The van der Waals surface area contributed by atoms with Crippen LogP contribution in [-0.2, 0) is 22.4 Å². The van der Waals surface area contributed by atoms with E-state index in [0.29, 0.717) is 7.92 Å². The molecule has 0 aromatic carbocycles. The predicted molar refractivity (Wildman–Crippen MR) is 66.2 cm³/mol. The summed E-state index contributed by atoms with van der Waals surface area (Å²) >= 11 is 0. The van der Waals surface area contributed by atoms with Gasteiger partial charge in [0.25, 0.3) is 0 Å². The van der Waals surface area contributed by atoms with Gasteiger partial charge in [-0.05, 0) is 37.7 Å². The Labute approximate surface area is 108 Å². The van der Waals surface area contributed by atoms with Crippen LogP contribution in [0.15, 0.2) is 0 Å². The number of unbranched alkanes of at least 4 members (excludes halogenated alkanes) is 3. The normalized spacial score (nSPS) is 10.3. The van der Waals surface area contributed by atoms with Crippen LogP contribution >= 0.6 is 7.92 Å². The van der Waals surface area contributed by atoms with Crippen molar-refractivity contribution in [2.75, 3.05) is 18.5 Å². The summed E-state index contributed by atoms with van der Waals surface area (Å²) in [5.74, 6) is 0. The van der Waals surface area contributed by atoms with Crippen LogP contribution in [0.2, 0.25) is 0 Å². The van der Waals surface area contributed by atoms with Crippen LogP contribution < -0.4 is 0 Å². The quantitative estimate of drug-likeness (QED) is 0.421. The third-order valence-electron chi connectivity index (χ3n) is 2.48. The zero-order valence-corrected chi connectivity index (χ0v) is 12.5. The van der Waals surface area contributed by atoms with E-state index in [9.17, 15) is 0 Å². The van der Waals surface area contributed by atoms with Crippen LogP contribution in [0.1, 0.15) is 59.3 Å². The first-order valence-corrected chi connectivity index (χ1v) is 7.97. The molecule has 0 atom stereocenters. The second-order valence-corrected chi connectivity index (χ2v) is 6.59. The van der Waals surface area contributed by atoms with E-state index in [2.05, 4.69) is 20.8 Å². The molecule has 0 aliphatic heterocycles. The monoisotopic (exact) mass is 309 g/mol. The smallest absolute Gasteiger partial charge is 0 e. The number of hydrogen-bond acceptors (Lipinski definition) is 0. The van der Waals surface area contributed by atoms with Crippen LogP contribution in [0.5, 0.6) is 0 Å². The molecule has 2 heteroatoms. The molecule has 0 aliphatic rings. The summed E-state index contributed by atoms with van der Waals surface area (Å²) in [5, 5.41) is 0. The third-order valence-corrected chi connectivity index (χ3v) is 5.33. The molecule has 0 N–H and O–H groups in total. The topological polar surface area (TPSA) is 0 Å². The summed E-state index contributed by atoms with van der Waals surface area (Å²) in [6.45, 7) is 6.94. The Hall–Kier alpha value is 1.17. The molecule has 14 heavy (non-hydrogen) atoms. The maximum absolute atomic E-state index is 2.31. The fourth-order valence-electron chi connectivity index (χ4n) is 1.48. The van der Waals surface area contributed by atoms with E-state index in [1.165, 1.54) is 38.5 Å². The van der Waals surface area contributed by atoms with Crippen molar-refractivity contribution in [3.05, 3.63) is 0 Å². The number of hydrogen-bond donors (Lipinski definition) is 0. The minimum Gasteiger partial charge on any atom is -0.107 e. The van der Waals surface area contributed by atoms with Crippen molar-refractivity contribution in [3.8, 4) is 0 Å². The molecule has 1 radical (unpaired) electrons. The van der Waals surface area contributed by atoms with Crippen LogP contribution in [-0.4, -0.2) is 18.5 Å². The van der Waals surface area contributed by atoms with Gasteiger partial charge in [-0.15, -0.1) is 7.92 Å². The van der Waals surface area contributed by atoms with Gasteiger partial charge in [0, 0.05) is 22.4 Å². The first kappa shape index (κ1) is 17.6. The van der Waals surface area contributed by atoms with Crippen molar-refractivity contribution < 1.29 is 22.4 Å². The van der Waals surface area contributed by atoms with Crippen molar-refractivity contribution >= 4 is 7.92 Å². The van der Waals surface area contributed by atoms with E-state index in [0.717, 1.165) is 0 Å². The zero-order valence-electron chi connectivity index (χ0n) is 10.1. The molecule has 0 aromatic rings. The summed E-state index contributed by atoms with van der Waals surface area (Å²) in [6, 6.07) is 0. The van der Waals surface area contributed by atoms with E-state index in [4.69, 9.17) is 0 Å². The van der Waals surface area contributed by atoms with E-state index < -0.39 is 0 Å². The van der Waals surface area contributed by atoms with Crippen LogP contribution in [0.25, 0.3) is 0 Å². The maximum Gasteiger partial charge on any atom is 0 e. The molecule has 0 unspecified atom stereocenters. The number of rotatable bonds is 9. The van der Waals surface area contributed by atoms with Gasteiger partial charge in [0.1, 0.15) is 0 Å². The molecule has 0 amide bonds. The molecule has 0 aromatic heterocycles. The molecule has 0 saturated heterocycles. The molecule has 91 valence electrons. The fraction of sp³-hybridized carbons (Fsp3) is 1.00. The minimum atomic E-state index is 0. The second-order valence-electron chi connectivity index (χ2n) is 3.90. The van der Waals surface area contributed by atoms with Crippen LogP contribution in [0, 0.1) is 0 Å². The predicted octanol–water partition coefficient (Wildman–Crippen LogP) is 4.87. The minimum absolute atomic E-state index is 0. The summed E-state index contributed by atoms with van der Waals surface area (Å²) in [6.07, 6.45) is 13.2. The maximum atomic E-state index is 2.31. The second kappa shape index (κ2) is 14.2. The van der Waals surface area contributed by atoms with Crippen molar-refractivity contribution in [1.29, 1.82) is 0 Å². The fourth-order valence-corrected chi connectivity index (χ4v) is 4.44. The third kappa shape index (κ3) is 11.2. The Balaban J connectivity index is 0. The molecule has 0 spiro atoms. The van der Waals surface area contributed by atoms with Gasteiger partial charge in [0.2, 0.25) is 0 Å². The Morgan fingerprint density at radius 1 is 0.643 bits per heavy atom. The molecule has 0 rings (SSSR count). The SMILES string of the molecule is CCCCP(CCCC)CCCC.[Ag]. The summed E-state index contributed by atoms with van der Waals surface area (Å²) in [4.78, 5) is 0. The van der Waals surface area contributed by atoms with Crippen LogP contribution in [0.3, 0.4) is 0 Å². The summed E-state index contributed by atoms with van der Waals surface area (Å²) in [7, 11) is 0.422. The molecule has 0 aliphatic carbocycles. The Kier molecular flexibility index (Phi) is 17.8. The van der Waals surface area contributed by atoms with Gasteiger partial charge in [-0.3, -0.25) is 0 Å². The van der Waals surface area contributed by atoms with Crippen molar-refractivity contribution in [1.82, 2.24) is 0 Å². The molecule has 0 bridgehead atoms. The molecule has 0 heterocycles. The zero-order chi connectivity index (χ0) is 9.94. The van der Waals surface area contributed by atoms with Crippen molar-refractivity contribution in [2.24, 2.45) is 0 Å². The molecule has 0 nitrogen and oxygen atoms in total. The molecule has 0 saturated carbocycles. The first-order chi connectivity index (χ1) is 6.35. The Bertz CT molecular complexity index is 77.3. The van der Waals surface area contributed by atoms with Crippen molar-refractivity contribution in [2.45, 2.75) is 59.3 Å². The van der Waals surface area contributed by atoms with Crippen LogP contribution in [0.4, 0.5) is 0 Å². The summed E-state index contributed by atoms with van der Waals surface area (Å²) in [5.41, 5.74) is 0. The van der Waals surface area contributed by atoms with Gasteiger partial charge in [0.15, 0.2) is 0 Å². The van der Waals surface area contributed by atoms with Gasteiger partial charge in [-0.25, -0.2) is 0 Å².